The Hall–Kier alpha value is -1.63. The minimum Gasteiger partial charge on any atom is -0.444 e. The van der Waals surface area contributed by atoms with E-state index in [0.29, 0.717) is 32.1 Å². The highest BCUT2D eigenvalue weighted by atomic mass is 16.6. The Balaban J connectivity index is 2.71. The highest BCUT2D eigenvalue weighted by Gasteiger charge is 2.27. The van der Waals surface area contributed by atoms with Crippen molar-refractivity contribution in [2.75, 3.05) is 19.8 Å². The van der Waals surface area contributed by atoms with Crippen molar-refractivity contribution in [1.82, 2.24) is 10.6 Å². The van der Waals surface area contributed by atoms with E-state index in [-0.39, 0.29) is 5.54 Å². The van der Waals surface area contributed by atoms with Gasteiger partial charge in [-0.3, -0.25) is 0 Å². The molecule has 1 aromatic carbocycles. The van der Waals surface area contributed by atoms with Crippen LogP contribution in [0.5, 0.6) is 0 Å². The van der Waals surface area contributed by atoms with Crippen LogP contribution in [-0.4, -0.2) is 54.2 Å². The van der Waals surface area contributed by atoms with Gasteiger partial charge in [0.15, 0.2) is 0 Å². The molecule has 0 saturated carbocycles. The maximum Gasteiger partial charge on any atom is 0.407 e. The lowest BCUT2D eigenvalue weighted by Crippen LogP contribution is -2.54. The molecule has 6 nitrogen and oxygen atoms in total. The van der Waals surface area contributed by atoms with Gasteiger partial charge in [0, 0.05) is 18.7 Å². The molecule has 0 fully saturated rings. The number of nitrogens with one attached hydrogen (secondary N) is 2. The molecule has 0 radical (unpaired) electrons. The van der Waals surface area contributed by atoms with Crippen molar-refractivity contribution < 1.29 is 19.4 Å². The number of rotatable bonds is 11. The van der Waals surface area contributed by atoms with Crippen molar-refractivity contribution in [1.29, 1.82) is 0 Å². The van der Waals surface area contributed by atoms with Gasteiger partial charge in [0.2, 0.25) is 0 Å². The molecule has 0 spiro atoms. The molecular weight excluding hydrogens is 368 g/mol. The second-order valence-electron chi connectivity index (χ2n) is 9.68. The van der Waals surface area contributed by atoms with Crippen LogP contribution in [-0.2, 0) is 15.9 Å². The largest absolute Gasteiger partial charge is 0.444 e. The maximum atomic E-state index is 12.3. The van der Waals surface area contributed by atoms with Gasteiger partial charge in [-0.2, -0.15) is 0 Å². The van der Waals surface area contributed by atoms with Gasteiger partial charge in [0.1, 0.15) is 5.60 Å². The van der Waals surface area contributed by atoms with E-state index in [9.17, 15) is 9.90 Å². The highest BCUT2D eigenvalue weighted by molar-refractivity contribution is 5.68. The van der Waals surface area contributed by atoms with Crippen LogP contribution in [0, 0.1) is 5.92 Å². The van der Waals surface area contributed by atoms with Crippen LogP contribution < -0.4 is 10.6 Å². The van der Waals surface area contributed by atoms with Crippen molar-refractivity contribution in [3.63, 3.8) is 0 Å². The summed E-state index contributed by atoms with van der Waals surface area (Å²) in [6.45, 7) is 15.3. The lowest BCUT2D eigenvalue weighted by molar-refractivity contribution is 0.0374. The summed E-state index contributed by atoms with van der Waals surface area (Å²) in [5, 5.41) is 17.0. The van der Waals surface area contributed by atoms with Gasteiger partial charge in [-0.1, -0.05) is 44.2 Å². The summed E-state index contributed by atoms with van der Waals surface area (Å²) < 4.78 is 11.1. The average molecular weight is 409 g/mol. The van der Waals surface area contributed by atoms with E-state index in [4.69, 9.17) is 9.47 Å². The number of aliphatic hydroxyl groups is 1. The Morgan fingerprint density at radius 2 is 1.72 bits per heavy atom. The number of ether oxygens (including phenoxy) is 2. The van der Waals surface area contributed by atoms with Gasteiger partial charge in [0.25, 0.3) is 0 Å². The summed E-state index contributed by atoms with van der Waals surface area (Å²) in [7, 11) is 0. The number of carbonyl (C=O) groups is 1. The van der Waals surface area contributed by atoms with E-state index in [1.54, 1.807) is 0 Å². The number of β-amino-alcohol motifs (C(OH)–C–C–N with tert-alkyl or cyclic N) is 1. The minimum atomic E-state index is -0.785. The molecule has 6 heteroatoms. The molecule has 0 unspecified atom stereocenters. The van der Waals surface area contributed by atoms with Crippen molar-refractivity contribution in [3.05, 3.63) is 35.9 Å². The average Bonchev–Trinajstić information content (AvgIpc) is 2.58. The van der Waals surface area contributed by atoms with E-state index in [1.165, 1.54) is 0 Å². The minimum absolute atomic E-state index is 0.293. The molecule has 29 heavy (non-hydrogen) atoms. The first-order valence-electron chi connectivity index (χ1n) is 10.4. The second-order valence-corrected chi connectivity index (χ2v) is 9.68. The van der Waals surface area contributed by atoms with Crippen LogP contribution >= 0.6 is 0 Å². The first-order chi connectivity index (χ1) is 13.4. The standard InChI is InChI=1S/C23H40N2O4/c1-17(2)15-28-16-23(6,7)24-14-20(26)19(13-18-11-9-8-10-12-18)25-21(27)29-22(3,4)5/h8-12,17,19-20,24,26H,13-16H2,1-7H3,(H,25,27)/t19-,20+/m0/s1. The zero-order valence-corrected chi connectivity index (χ0v) is 19.1. The van der Waals surface area contributed by atoms with Crippen molar-refractivity contribution >= 4 is 6.09 Å². The smallest absolute Gasteiger partial charge is 0.407 e. The molecule has 0 aliphatic rings. The Morgan fingerprint density at radius 3 is 2.28 bits per heavy atom. The molecule has 0 saturated heterocycles. The molecule has 0 bridgehead atoms. The summed E-state index contributed by atoms with van der Waals surface area (Å²) in [5.74, 6) is 0.477. The number of benzene rings is 1. The molecule has 0 aliphatic carbocycles. The van der Waals surface area contributed by atoms with E-state index in [2.05, 4.69) is 24.5 Å². The van der Waals surface area contributed by atoms with Gasteiger partial charge in [0.05, 0.1) is 18.8 Å². The van der Waals surface area contributed by atoms with Gasteiger partial charge < -0.3 is 25.2 Å². The van der Waals surface area contributed by atoms with Gasteiger partial charge in [-0.25, -0.2) is 4.79 Å². The van der Waals surface area contributed by atoms with Crippen LogP contribution in [0.2, 0.25) is 0 Å². The van der Waals surface area contributed by atoms with Crippen molar-refractivity contribution in [2.24, 2.45) is 5.92 Å². The third-order valence-electron chi connectivity index (χ3n) is 4.17. The van der Waals surface area contributed by atoms with Crippen molar-refractivity contribution in [2.45, 2.75) is 78.2 Å². The summed E-state index contributed by atoms with van der Waals surface area (Å²) in [4.78, 5) is 12.3. The predicted molar refractivity (Wildman–Crippen MR) is 117 cm³/mol. The zero-order valence-electron chi connectivity index (χ0n) is 19.1. The summed E-state index contributed by atoms with van der Waals surface area (Å²) in [6, 6.07) is 9.31. The molecule has 3 N–H and O–H groups in total. The number of alkyl carbamates (subject to hydrolysis) is 1. The van der Waals surface area contributed by atoms with E-state index in [0.717, 1.165) is 5.56 Å². The Kier molecular flexibility index (Phi) is 10.1. The third kappa shape index (κ3) is 11.8. The number of hydrogen-bond donors (Lipinski definition) is 3. The molecule has 166 valence electrons. The fourth-order valence-electron chi connectivity index (χ4n) is 2.73. The predicted octanol–water partition coefficient (Wildman–Crippen LogP) is 3.52. The Labute approximate surface area is 176 Å². The fourth-order valence-corrected chi connectivity index (χ4v) is 2.73. The monoisotopic (exact) mass is 408 g/mol. The first-order valence-corrected chi connectivity index (χ1v) is 10.4. The SMILES string of the molecule is CC(C)COCC(C)(C)NC[C@@H](O)[C@H](Cc1ccccc1)NC(=O)OC(C)(C)C. The maximum absolute atomic E-state index is 12.3. The Bertz CT molecular complexity index is 597. The lowest BCUT2D eigenvalue weighted by atomic mass is 10.00. The van der Waals surface area contributed by atoms with Crippen LogP contribution in [0.25, 0.3) is 0 Å². The van der Waals surface area contributed by atoms with Crippen molar-refractivity contribution in [3.8, 4) is 0 Å². The molecular formula is C23H40N2O4. The van der Waals surface area contributed by atoms with Crippen LogP contribution in [0.3, 0.4) is 0 Å². The zero-order chi connectivity index (χ0) is 22.1. The van der Waals surface area contributed by atoms with E-state index < -0.39 is 23.8 Å². The van der Waals surface area contributed by atoms with Gasteiger partial charge in [-0.15, -0.1) is 0 Å². The number of amides is 1. The lowest BCUT2D eigenvalue weighted by Gasteiger charge is -2.31. The second kappa shape index (κ2) is 11.5. The highest BCUT2D eigenvalue weighted by Crippen LogP contribution is 2.11. The number of carbonyl (C=O) groups excluding carboxylic acids is 1. The molecule has 1 amide bonds. The first kappa shape index (κ1) is 25.4. The van der Waals surface area contributed by atoms with E-state index in [1.807, 2.05) is 65.0 Å². The number of hydrogen-bond acceptors (Lipinski definition) is 5. The molecule has 0 heterocycles. The summed E-state index contributed by atoms with van der Waals surface area (Å²) in [6.07, 6.45) is -0.808. The van der Waals surface area contributed by atoms with Crippen LogP contribution in [0.4, 0.5) is 4.79 Å². The van der Waals surface area contributed by atoms with Crippen LogP contribution in [0.1, 0.15) is 54.0 Å². The van der Waals surface area contributed by atoms with Gasteiger partial charge >= 0.3 is 6.09 Å². The van der Waals surface area contributed by atoms with Crippen LogP contribution in [0.15, 0.2) is 30.3 Å². The molecule has 0 aromatic heterocycles. The fraction of sp³-hybridized carbons (Fsp3) is 0.696. The summed E-state index contributed by atoms with van der Waals surface area (Å²) >= 11 is 0. The summed E-state index contributed by atoms with van der Waals surface area (Å²) in [5.41, 5.74) is 0.145. The Morgan fingerprint density at radius 1 is 1.10 bits per heavy atom. The normalized spacial score (nSPS) is 14.5. The third-order valence-corrected chi connectivity index (χ3v) is 4.17. The molecule has 1 rings (SSSR count). The molecule has 2 atom stereocenters. The molecule has 0 aliphatic heterocycles. The van der Waals surface area contributed by atoms with Gasteiger partial charge in [-0.05, 0) is 52.5 Å². The topological polar surface area (TPSA) is 79.8 Å². The van der Waals surface area contributed by atoms with E-state index >= 15 is 0 Å². The number of aliphatic hydroxyl groups excluding tert-OH is 1. The quantitative estimate of drug-likeness (QED) is 0.522. The molecule has 1 aromatic rings.